The van der Waals surface area contributed by atoms with Gasteiger partial charge in [-0.05, 0) is 36.8 Å². The summed E-state index contributed by atoms with van der Waals surface area (Å²) in [7, 11) is 0. The third-order valence-electron chi connectivity index (χ3n) is 4.29. The standard InChI is InChI=1S/C20H21N3O3/c1-14-11-12-23(22-14)17-9-7-16(8-10-17)19(24)21-18(20(25)26)13-15-5-3-2-4-6-15/h2-10,18H,11-13H2,1H3,(H,21,24)(H,25,26)/t18-/m1/s1. The summed E-state index contributed by atoms with van der Waals surface area (Å²) in [5.74, 6) is -1.46. The van der Waals surface area contributed by atoms with Crippen molar-refractivity contribution in [3.63, 3.8) is 0 Å². The number of carbonyl (C=O) groups excluding carboxylic acids is 1. The summed E-state index contributed by atoms with van der Waals surface area (Å²) in [6.45, 7) is 2.82. The summed E-state index contributed by atoms with van der Waals surface area (Å²) >= 11 is 0. The van der Waals surface area contributed by atoms with Gasteiger partial charge in [-0.25, -0.2) is 4.79 Å². The van der Waals surface area contributed by atoms with Crippen molar-refractivity contribution in [2.24, 2.45) is 5.10 Å². The van der Waals surface area contributed by atoms with Crippen LogP contribution in [0.1, 0.15) is 29.3 Å². The van der Waals surface area contributed by atoms with Crippen molar-refractivity contribution in [2.75, 3.05) is 11.6 Å². The predicted molar refractivity (Wildman–Crippen MR) is 101 cm³/mol. The van der Waals surface area contributed by atoms with Crippen LogP contribution in [0.4, 0.5) is 5.69 Å². The molecule has 3 rings (SSSR count). The molecule has 0 saturated carbocycles. The Bertz CT molecular complexity index is 816. The van der Waals surface area contributed by atoms with E-state index in [1.54, 1.807) is 12.1 Å². The molecule has 0 saturated heterocycles. The van der Waals surface area contributed by atoms with Crippen molar-refractivity contribution in [1.29, 1.82) is 0 Å². The second-order valence-electron chi connectivity index (χ2n) is 6.31. The molecule has 2 aromatic rings. The van der Waals surface area contributed by atoms with Gasteiger partial charge in [-0.3, -0.25) is 9.80 Å². The van der Waals surface area contributed by atoms with E-state index in [0.717, 1.165) is 29.9 Å². The first kappa shape index (κ1) is 17.7. The molecule has 1 atom stereocenters. The number of carboxylic acid groups (broad SMARTS) is 1. The Morgan fingerprint density at radius 1 is 1.15 bits per heavy atom. The zero-order valence-electron chi connectivity index (χ0n) is 14.6. The van der Waals surface area contributed by atoms with Gasteiger partial charge in [0, 0.05) is 30.7 Å². The van der Waals surface area contributed by atoms with Gasteiger partial charge in [0.25, 0.3) is 5.91 Å². The van der Waals surface area contributed by atoms with Gasteiger partial charge in [0.2, 0.25) is 0 Å². The average molecular weight is 351 g/mol. The van der Waals surface area contributed by atoms with Gasteiger partial charge in [0.05, 0.1) is 5.69 Å². The molecule has 1 amide bonds. The first-order valence-electron chi connectivity index (χ1n) is 8.52. The maximum absolute atomic E-state index is 12.4. The van der Waals surface area contributed by atoms with E-state index in [0.29, 0.717) is 5.56 Å². The number of hydrogen-bond acceptors (Lipinski definition) is 4. The topological polar surface area (TPSA) is 82.0 Å². The molecule has 6 heteroatoms. The summed E-state index contributed by atoms with van der Waals surface area (Å²) in [4.78, 5) is 23.9. The van der Waals surface area contributed by atoms with E-state index in [4.69, 9.17) is 0 Å². The lowest BCUT2D eigenvalue weighted by Gasteiger charge is -2.16. The van der Waals surface area contributed by atoms with Gasteiger partial charge < -0.3 is 10.4 Å². The van der Waals surface area contributed by atoms with Crippen molar-refractivity contribution in [3.05, 3.63) is 65.7 Å². The van der Waals surface area contributed by atoms with Crippen molar-refractivity contribution >= 4 is 23.3 Å². The molecule has 0 aliphatic carbocycles. The smallest absolute Gasteiger partial charge is 0.326 e. The number of nitrogens with one attached hydrogen (secondary N) is 1. The molecule has 0 radical (unpaired) electrons. The SMILES string of the molecule is CC1=NN(c2ccc(C(=O)N[C@H](Cc3ccccc3)C(=O)O)cc2)CC1. The molecule has 26 heavy (non-hydrogen) atoms. The van der Waals surface area contributed by atoms with E-state index in [2.05, 4.69) is 10.4 Å². The summed E-state index contributed by atoms with van der Waals surface area (Å²) < 4.78 is 0. The molecule has 2 N–H and O–H groups in total. The molecule has 0 spiro atoms. The minimum atomic E-state index is -1.05. The minimum Gasteiger partial charge on any atom is -0.480 e. The van der Waals surface area contributed by atoms with E-state index >= 15 is 0 Å². The first-order chi connectivity index (χ1) is 12.5. The van der Waals surface area contributed by atoms with Crippen molar-refractivity contribution < 1.29 is 14.7 Å². The quantitative estimate of drug-likeness (QED) is 0.838. The van der Waals surface area contributed by atoms with Crippen LogP contribution < -0.4 is 10.3 Å². The Labute approximate surface area is 152 Å². The monoisotopic (exact) mass is 351 g/mol. The normalized spacial score (nSPS) is 14.7. The lowest BCUT2D eigenvalue weighted by Crippen LogP contribution is -2.42. The van der Waals surface area contributed by atoms with Gasteiger partial charge >= 0.3 is 5.97 Å². The number of carbonyl (C=O) groups is 2. The predicted octanol–water partition coefficient (Wildman–Crippen LogP) is 2.70. The third kappa shape index (κ3) is 4.27. The van der Waals surface area contributed by atoms with E-state index in [1.165, 1.54) is 0 Å². The zero-order chi connectivity index (χ0) is 18.5. The number of carboxylic acids is 1. The van der Waals surface area contributed by atoms with E-state index in [9.17, 15) is 14.7 Å². The van der Waals surface area contributed by atoms with Crippen molar-refractivity contribution in [3.8, 4) is 0 Å². The highest BCUT2D eigenvalue weighted by atomic mass is 16.4. The molecule has 6 nitrogen and oxygen atoms in total. The molecule has 2 aromatic carbocycles. The van der Waals surface area contributed by atoms with Gasteiger partial charge in [-0.15, -0.1) is 0 Å². The van der Waals surface area contributed by atoms with E-state index < -0.39 is 17.9 Å². The maximum Gasteiger partial charge on any atom is 0.326 e. The molecule has 1 aliphatic rings. The van der Waals surface area contributed by atoms with Crippen molar-refractivity contribution in [2.45, 2.75) is 25.8 Å². The lowest BCUT2D eigenvalue weighted by molar-refractivity contribution is -0.139. The summed E-state index contributed by atoms with van der Waals surface area (Å²) in [5, 5.41) is 18.3. The Hall–Kier alpha value is -3.15. The van der Waals surface area contributed by atoms with Crippen LogP contribution in [0.3, 0.4) is 0 Å². The Balaban J connectivity index is 1.66. The highest BCUT2D eigenvalue weighted by molar-refractivity contribution is 5.97. The number of benzene rings is 2. The number of amides is 1. The molecule has 0 unspecified atom stereocenters. The maximum atomic E-state index is 12.4. The van der Waals surface area contributed by atoms with Crippen molar-refractivity contribution in [1.82, 2.24) is 5.32 Å². The second-order valence-corrected chi connectivity index (χ2v) is 6.31. The molecule has 134 valence electrons. The largest absolute Gasteiger partial charge is 0.480 e. The number of hydrogen-bond donors (Lipinski definition) is 2. The first-order valence-corrected chi connectivity index (χ1v) is 8.52. The van der Waals surface area contributed by atoms with Crippen LogP contribution in [0.5, 0.6) is 0 Å². The van der Waals surface area contributed by atoms with Crippen LogP contribution in [-0.2, 0) is 11.2 Å². The van der Waals surface area contributed by atoms with Gasteiger partial charge in [-0.1, -0.05) is 30.3 Å². The molecular weight excluding hydrogens is 330 g/mol. The molecule has 0 aromatic heterocycles. The van der Waals surface area contributed by atoms with Crippen LogP contribution in [0, 0.1) is 0 Å². The van der Waals surface area contributed by atoms with Gasteiger partial charge in [-0.2, -0.15) is 5.10 Å². The van der Waals surface area contributed by atoms with Crippen LogP contribution in [-0.4, -0.2) is 35.3 Å². The van der Waals surface area contributed by atoms with Crippen LogP contribution in [0.15, 0.2) is 59.7 Å². The number of nitrogens with zero attached hydrogens (tertiary/aromatic N) is 2. The van der Waals surface area contributed by atoms with Crippen LogP contribution in [0.25, 0.3) is 0 Å². The average Bonchev–Trinajstić information content (AvgIpc) is 3.08. The summed E-state index contributed by atoms with van der Waals surface area (Å²) in [6, 6.07) is 15.3. The lowest BCUT2D eigenvalue weighted by atomic mass is 10.1. The van der Waals surface area contributed by atoms with Gasteiger partial charge in [0.1, 0.15) is 6.04 Å². The molecule has 0 bridgehead atoms. The van der Waals surface area contributed by atoms with Gasteiger partial charge in [0.15, 0.2) is 0 Å². The Morgan fingerprint density at radius 2 is 1.85 bits per heavy atom. The Morgan fingerprint density at radius 3 is 2.42 bits per heavy atom. The van der Waals surface area contributed by atoms with E-state index in [-0.39, 0.29) is 6.42 Å². The fourth-order valence-corrected chi connectivity index (χ4v) is 2.84. The number of hydrazone groups is 1. The Kier molecular flexibility index (Phi) is 5.31. The van der Waals surface area contributed by atoms with E-state index in [1.807, 2.05) is 54.4 Å². The molecule has 1 heterocycles. The summed E-state index contributed by atoms with van der Waals surface area (Å²) in [5.41, 5.74) is 3.28. The van der Waals surface area contributed by atoms with Crippen LogP contribution >= 0.6 is 0 Å². The summed E-state index contributed by atoms with van der Waals surface area (Å²) in [6.07, 6.45) is 1.17. The minimum absolute atomic E-state index is 0.238. The number of anilines is 1. The fraction of sp³-hybridized carbons (Fsp3) is 0.250. The molecule has 0 fully saturated rings. The highest BCUT2D eigenvalue weighted by Gasteiger charge is 2.21. The molecule has 1 aliphatic heterocycles. The van der Waals surface area contributed by atoms with Crippen LogP contribution in [0.2, 0.25) is 0 Å². The fourth-order valence-electron chi connectivity index (χ4n) is 2.84. The zero-order valence-corrected chi connectivity index (χ0v) is 14.6. The number of aliphatic carboxylic acids is 1. The number of rotatable bonds is 6. The molecular formula is C20H21N3O3. The highest BCUT2D eigenvalue weighted by Crippen LogP contribution is 2.20. The second kappa shape index (κ2) is 7.82. The third-order valence-corrected chi connectivity index (χ3v) is 4.29.